The molecule has 0 saturated carbocycles. The molecular formula is C11H15O. The van der Waals surface area contributed by atoms with Crippen LogP contribution in [-0.4, -0.2) is 7.11 Å². The van der Waals surface area contributed by atoms with Gasteiger partial charge in [0.2, 0.25) is 0 Å². The highest BCUT2D eigenvalue weighted by atomic mass is 16.5. The van der Waals surface area contributed by atoms with E-state index in [1.165, 1.54) is 5.56 Å². The van der Waals surface area contributed by atoms with Gasteiger partial charge in [0.25, 0.3) is 0 Å². The van der Waals surface area contributed by atoms with Gasteiger partial charge in [-0.2, -0.15) is 0 Å². The lowest BCUT2D eigenvalue weighted by atomic mass is 10.1. The molecular weight excluding hydrogens is 148 g/mol. The van der Waals surface area contributed by atoms with E-state index in [4.69, 9.17) is 4.74 Å². The molecule has 0 atom stereocenters. The minimum absolute atomic E-state index is 0.984. The van der Waals surface area contributed by atoms with Crippen molar-refractivity contribution in [2.75, 3.05) is 7.11 Å². The van der Waals surface area contributed by atoms with E-state index in [1.807, 2.05) is 18.2 Å². The maximum absolute atomic E-state index is 5.22. The molecule has 0 aliphatic heterocycles. The molecule has 1 heteroatoms. The molecule has 1 rings (SSSR count). The zero-order valence-electron chi connectivity index (χ0n) is 7.55. The smallest absolute Gasteiger partial charge is 0.122 e. The lowest BCUT2D eigenvalue weighted by molar-refractivity contribution is 0.409. The van der Waals surface area contributed by atoms with E-state index in [2.05, 4.69) is 13.0 Å². The van der Waals surface area contributed by atoms with Crippen LogP contribution < -0.4 is 4.74 Å². The van der Waals surface area contributed by atoms with Gasteiger partial charge in [-0.15, -0.1) is 0 Å². The van der Waals surface area contributed by atoms with Gasteiger partial charge in [0.1, 0.15) is 5.75 Å². The van der Waals surface area contributed by atoms with Crippen molar-refractivity contribution in [3.63, 3.8) is 0 Å². The highest BCUT2D eigenvalue weighted by molar-refractivity contribution is 5.33. The number of hydrogen-bond donors (Lipinski definition) is 0. The summed E-state index contributed by atoms with van der Waals surface area (Å²) >= 11 is 0. The molecule has 0 fully saturated rings. The molecule has 1 aromatic rings. The monoisotopic (exact) mass is 163 g/mol. The van der Waals surface area contributed by atoms with E-state index in [0.717, 1.165) is 25.0 Å². The summed E-state index contributed by atoms with van der Waals surface area (Å²) < 4.78 is 5.22. The molecule has 0 amide bonds. The van der Waals surface area contributed by atoms with Crippen LogP contribution in [0.2, 0.25) is 0 Å². The number of hydrogen-bond acceptors (Lipinski definition) is 1. The molecule has 0 aliphatic rings. The topological polar surface area (TPSA) is 9.23 Å². The second kappa shape index (κ2) is 4.81. The molecule has 65 valence electrons. The van der Waals surface area contributed by atoms with Crippen molar-refractivity contribution >= 4 is 0 Å². The van der Waals surface area contributed by atoms with Crippen molar-refractivity contribution in [1.29, 1.82) is 0 Å². The average Bonchev–Trinajstić information content (AvgIpc) is 2.15. The van der Waals surface area contributed by atoms with Crippen LogP contribution in [0.4, 0.5) is 0 Å². The predicted octanol–water partition coefficient (Wildman–Crippen LogP) is 2.85. The van der Waals surface area contributed by atoms with Crippen LogP contribution in [0, 0.1) is 6.92 Å². The zero-order chi connectivity index (χ0) is 8.81. The number of methoxy groups -OCH3 is 1. The van der Waals surface area contributed by atoms with Gasteiger partial charge >= 0.3 is 0 Å². The maximum Gasteiger partial charge on any atom is 0.122 e. The quantitative estimate of drug-likeness (QED) is 0.663. The molecule has 1 aromatic carbocycles. The van der Waals surface area contributed by atoms with Gasteiger partial charge in [0.05, 0.1) is 7.11 Å². The van der Waals surface area contributed by atoms with E-state index in [9.17, 15) is 0 Å². The number of para-hydroxylation sites is 1. The highest BCUT2D eigenvalue weighted by Gasteiger charge is 1.99. The molecule has 12 heavy (non-hydrogen) atoms. The largest absolute Gasteiger partial charge is 0.496 e. The Hall–Kier alpha value is -0.980. The summed E-state index contributed by atoms with van der Waals surface area (Å²) in [6.07, 6.45) is 3.17. The van der Waals surface area contributed by atoms with Crippen LogP contribution in [0.15, 0.2) is 24.3 Å². The Kier molecular flexibility index (Phi) is 3.65. The SMILES string of the molecule is [CH2]CCCc1ccccc1OC. The van der Waals surface area contributed by atoms with Gasteiger partial charge in [-0.3, -0.25) is 0 Å². The average molecular weight is 163 g/mol. The number of aryl methyl sites for hydroxylation is 1. The first-order chi connectivity index (χ1) is 5.88. The first kappa shape index (κ1) is 9.11. The minimum Gasteiger partial charge on any atom is -0.496 e. The fraction of sp³-hybridized carbons (Fsp3) is 0.364. The van der Waals surface area contributed by atoms with E-state index < -0.39 is 0 Å². The highest BCUT2D eigenvalue weighted by Crippen LogP contribution is 2.18. The Morgan fingerprint density at radius 3 is 2.75 bits per heavy atom. The van der Waals surface area contributed by atoms with E-state index >= 15 is 0 Å². The summed E-state index contributed by atoms with van der Waals surface area (Å²) in [5.41, 5.74) is 1.28. The lowest BCUT2D eigenvalue weighted by Gasteiger charge is -2.06. The fourth-order valence-corrected chi connectivity index (χ4v) is 1.22. The van der Waals surface area contributed by atoms with Crippen LogP contribution in [0.25, 0.3) is 0 Å². The van der Waals surface area contributed by atoms with Gasteiger partial charge in [0.15, 0.2) is 0 Å². The van der Waals surface area contributed by atoms with E-state index in [-0.39, 0.29) is 0 Å². The summed E-state index contributed by atoms with van der Waals surface area (Å²) in [6.45, 7) is 3.82. The van der Waals surface area contributed by atoms with Crippen LogP contribution in [0.5, 0.6) is 5.75 Å². The molecule has 0 saturated heterocycles. The molecule has 1 radical (unpaired) electrons. The first-order valence-corrected chi connectivity index (χ1v) is 4.29. The van der Waals surface area contributed by atoms with E-state index in [0.29, 0.717) is 0 Å². The number of benzene rings is 1. The Bertz CT molecular complexity index is 230. The minimum atomic E-state index is 0.984. The second-order valence-electron chi connectivity index (χ2n) is 2.77. The van der Waals surface area contributed by atoms with Crippen molar-refractivity contribution < 1.29 is 4.74 Å². The lowest BCUT2D eigenvalue weighted by Crippen LogP contribution is -1.91. The standard InChI is InChI=1S/C11H15O/c1-3-4-7-10-8-5-6-9-11(10)12-2/h5-6,8-9H,1,3-4,7H2,2H3. The number of rotatable bonds is 4. The molecule has 0 aromatic heterocycles. The molecule has 0 aliphatic carbocycles. The fourth-order valence-electron chi connectivity index (χ4n) is 1.22. The van der Waals surface area contributed by atoms with Crippen LogP contribution in [-0.2, 0) is 6.42 Å². The number of ether oxygens (including phenoxy) is 1. The van der Waals surface area contributed by atoms with Gasteiger partial charge in [-0.25, -0.2) is 0 Å². The Labute approximate surface area is 74.4 Å². The second-order valence-corrected chi connectivity index (χ2v) is 2.77. The third-order valence-electron chi connectivity index (χ3n) is 1.89. The summed E-state index contributed by atoms with van der Waals surface area (Å²) in [7, 11) is 1.71. The normalized spacial score (nSPS) is 9.83. The zero-order valence-corrected chi connectivity index (χ0v) is 7.55. The summed E-state index contributed by atoms with van der Waals surface area (Å²) in [6, 6.07) is 8.14. The summed E-state index contributed by atoms with van der Waals surface area (Å²) in [4.78, 5) is 0. The van der Waals surface area contributed by atoms with Crippen LogP contribution >= 0.6 is 0 Å². The Morgan fingerprint density at radius 1 is 1.33 bits per heavy atom. The van der Waals surface area contributed by atoms with Crippen molar-refractivity contribution in [2.24, 2.45) is 0 Å². The number of unbranched alkanes of at least 4 members (excludes halogenated alkanes) is 1. The van der Waals surface area contributed by atoms with Crippen molar-refractivity contribution in [1.82, 2.24) is 0 Å². The Morgan fingerprint density at radius 2 is 2.08 bits per heavy atom. The van der Waals surface area contributed by atoms with Crippen molar-refractivity contribution in [3.8, 4) is 5.75 Å². The van der Waals surface area contributed by atoms with E-state index in [1.54, 1.807) is 7.11 Å². The van der Waals surface area contributed by atoms with Crippen LogP contribution in [0.3, 0.4) is 0 Å². The molecule has 0 heterocycles. The van der Waals surface area contributed by atoms with Gasteiger partial charge in [-0.05, 0) is 24.5 Å². The summed E-state index contributed by atoms with van der Waals surface area (Å²) in [5, 5.41) is 0. The maximum atomic E-state index is 5.22. The molecule has 0 unspecified atom stereocenters. The van der Waals surface area contributed by atoms with Gasteiger partial charge < -0.3 is 4.74 Å². The third kappa shape index (κ3) is 2.26. The predicted molar refractivity (Wildman–Crippen MR) is 51.3 cm³/mol. The first-order valence-electron chi connectivity index (χ1n) is 4.29. The Balaban J connectivity index is 2.68. The molecule has 0 N–H and O–H groups in total. The molecule has 1 nitrogen and oxygen atoms in total. The third-order valence-corrected chi connectivity index (χ3v) is 1.89. The molecule has 0 spiro atoms. The summed E-state index contributed by atoms with van der Waals surface area (Å²) in [5.74, 6) is 0.992. The van der Waals surface area contributed by atoms with Gasteiger partial charge in [0, 0.05) is 0 Å². The van der Waals surface area contributed by atoms with Crippen LogP contribution in [0.1, 0.15) is 18.4 Å². The van der Waals surface area contributed by atoms with Crippen molar-refractivity contribution in [3.05, 3.63) is 36.8 Å². The molecule has 0 bridgehead atoms. The van der Waals surface area contributed by atoms with Crippen molar-refractivity contribution in [2.45, 2.75) is 19.3 Å². The van der Waals surface area contributed by atoms with Gasteiger partial charge in [-0.1, -0.05) is 31.5 Å².